The fraction of sp³-hybridized carbons (Fsp3) is 0.412. The van der Waals surface area contributed by atoms with Crippen molar-refractivity contribution in [1.82, 2.24) is 20.1 Å². The van der Waals surface area contributed by atoms with Gasteiger partial charge in [0, 0.05) is 35.6 Å². The number of nitrogens with zero attached hydrogens (tertiary/aromatic N) is 3. The first kappa shape index (κ1) is 12.4. The van der Waals surface area contributed by atoms with Crippen LogP contribution in [-0.4, -0.2) is 26.6 Å². The molecule has 0 atom stereocenters. The molecule has 112 valence electrons. The van der Waals surface area contributed by atoms with E-state index in [4.69, 9.17) is 4.42 Å². The molecule has 22 heavy (non-hydrogen) atoms. The van der Waals surface area contributed by atoms with Gasteiger partial charge < -0.3 is 9.40 Å². The summed E-state index contributed by atoms with van der Waals surface area (Å²) in [5, 5.41) is 9.74. The van der Waals surface area contributed by atoms with E-state index in [1.165, 1.54) is 35.0 Å². The van der Waals surface area contributed by atoms with Crippen LogP contribution >= 0.6 is 0 Å². The molecule has 1 aromatic carbocycles. The summed E-state index contributed by atoms with van der Waals surface area (Å²) in [6, 6.07) is 8.55. The minimum Gasteiger partial charge on any atom is -0.424 e. The highest BCUT2D eigenvalue weighted by molar-refractivity contribution is 5.84. The van der Waals surface area contributed by atoms with Crippen LogP contribution in [0.2, 0.25) is 0 Å². The number of benzene rings is 1. The van der Waals surface area contributed by atoms with Crippen LogP contribution in [0.5, 0.6) is 0 Å². The van der Waals surface area contributed by atoms with Crippen LogP contribution in [0.25, 0.3) is 10.9 Å². The Balaban J connectivity index is 1.37. The average molecular weight is 294 g/mol. The molecule has 0 radical (unpaired) electrons. The summed E-state index contributed by atoms with van der Waals surface area (Å²) in [6.45, 7) is 2.70. The number of hydrogen-bond acceptors (Lipinski definition) is 4. The summed E-state index contributed by atoms with van der Waals surface area (Å²) in [6.07, 6.45) is 3.47. The quantitative estimate of drug-likeness (QED) is 0.807. The Labute approximate surface area is 128 Å². The Morgan fingerprint density at radius 2 is 2.14 bits per heavy atom. The second kappa shape index (κ2) is 4.68. The molecule has 0 bridgehead atoms. The van der Waals surface area contributed by atoms with Gasteiger partial charge in [-0.25, -0.2) is 0 Å². The first-order chi connectivity index (χ1) is 10.9. The molecule has 3 aromatic rings. The maximum absolute atomic E-state index is 5.78. The van der Waals surface area contributed by atoms with Crippen LogP contribution in [0.3, 0.4) is 0 Å². The van der Waals surface area contributed by atoms with Gasteiger partial charge in [-0.3, -0.25) is 4.90 Å². The second-order valence-electron chi connectivity index (χ2n) is 6.40. The van der Waals surface area contributed by atoms with E-state index in [1.54, 1.807) is 0 Å². The Kier molecular flexibility index (Phi) is 2.64. The highest BCUT2D eigenvalue weighted by Crippen LogP contribution is 2.39. The molecule has 0 amide bonds. The molecular formula is C17H18N4O. The van der Waals surface area contributed by atoms with Crippen LogP contribution in [0.15, 0.2) is 28.7 Å². The van der Waals surface area contributed by atoms with E-state index >= 15 is 0 Å². The van der Waals surface area contributed by atoms with Gasteiger partial charge in [0.25, 0.3) is 0 Å². The average Bonchev–Trinajstić information content (AvgIpc) is 3.17. The van der Waals surface area contributed by atoms with Crippen molar-refractivity contribution in [3.63, 3.8) is 0 Å². The number of aromatic amines is 1. The highest BCUT2D eigenvalue weighted by atomic mass is 16.4. The van der Waals surface area contributed by atoms with Crippen LogP contribution < -0.4 is 0 Å². The Morgan fingerprint density at radius 1 is 1.23 bits per heavy atom. The van der Waals surface area contributed by atoms with Crippen molar-refractivity contribution >= 4 is 10.9 Å². The van der Waals surface area contributed by atoms with E-state index in [9.17, 15) is 0 Å². The van der Waals surface area contributed by atoms with Gasteiger partial charge in [0.2, 0.25) is 11.8 Å². The van der Waals surface area contributed by atoms with Crippen molar-refractivity contribution in [2.24, 2.45) is 0 Å². The smallest absolute Gasteiger partial charge is 0.230 e. The molecule has 1 aliphatic heterocycles. The van der Waals surface area contributed by atoms with Crippen LogP contribution in [0.4, 0.5) is 0 Å². The van der Waals surface area contributed by atoms with Crippen LogP contribution in [-0.2, 0) is 19.5 Å². The first-order valence-corrected chi connectivity index (χ1v) is 8.00. The molecule has 1 saturated carbocycles. The van der Waals surface area contributed by atoms with Crippen molar-refractivity contribution in [2.75, 3.05) is 6.54 Å². The third-order valence-corrected chi connectivity index (χ3v) is 4.73. The fourth-order valence-corrected chi connectivity index (χ4v) is 3.40. The number of para-hydroxylation sites is 1. The van der Waals surface area contributed by atoms with E-state index < -0.39 is 0 Å². The maximum Gasteiger partial charge on any atom is 0.230 e. The number of fused-ring (bicyclic) bond motifs is 3. The summed E-state index contributed by atoms with van der Waals surface area (Å²) < 4.78 is 5.78. The van der Waals surface area contributed by atoms with E-state index in [0.717, 1.165) is 37.8 Å². The van der Waals surface area contributed by atoms with E-state index in [2.05, 4.69) is 44.3 Å². The van der Waals surface area contributed by atoms with E-state index in [1.807, 2.05) is 0 Å². The SMILES string of the molecule is c1ccc2c3c([nH]c2c1)CN(Cc1nnc(C2CC2)o1)CC3. The maximum atomic E-state index is 5.78. The van der Waals surface area contributed by atoms with Gasteiger partial charge in [-0.15, -0.1) is 10.2 Å². The van der Waals surface area contributed by atoms with Crippen molar-refractivity contribution in [3.8, 4) is 0 Å². The summed E-state index contributed by atoms with van der Waals surface area (Å²) in [5.41, 5.74) is 4.04. The monoisotopic (exact) mass is 294 g/mol. The zero-order valence-corrected chi connectivity index (χ0v) is 12.4. The van der Waals surface area contributed by atoms with Gasteiger partial charge in [-0.1, -0.05) is 18.2 Å². The summed E-state index contributed by atoms with van der Waals surface area (Å²) in [7, 11) is 0. The lowest BCUT2D eigenvalue weighted by Crippen LogP contribution is -2.30. The molecule has 1 aliphatic carbocycles. The number of nitrogens with one attached hydrogen (secondary N) is 1. The molecule has 2 aliphatic rings. The van der Waals surface area contributed by atoms with Crippen molar-refractivity contribution in [3.05, 3.63) is 47.3 Å². The number of rotatable bonds is 3. The third-order valence-electron chi connectivity index (χ3n) is 4.73. The second-order valence-corrected chi connectivity index (χ2v) is 6.40. The van der Waals surface area contributed by atoms with Crippen LogP contribution in [0, 0.1) is 0 Å². The highest BCUT2D eigenvalue weighted by Gasteiger charge is 2.30. The topological polar surface area (TPSA) is 58.0 Å². The van der Waals surface area contributed by atoms with Gasteiger partial charge in [0.05, 0.1) is 6.54 Å². The van der Waals surface area contributed by atoms with Crippen LogP contribution in [0.1, 0.15) is 41.8 Å². The third kappa shape index (κ3) is 2.04. The summed E-state index contributed by atoms with van der Waals surface area (Å²) >= 11 is 0. The van der Waals surface area contributed by atoms with E-state index in [0.29, 0.717) is 5.92 Å². The molecule has 1 fully saturated rings. The predicted octanol–water partition coefficient (Wildman–Crippen LogP) is 2.99. The Morgan fingerprint density at radius 3 is 3.05 bits per heavy atom. The number of H-pyrrole nitrogens is 1. The first-order valence-electron chi connectivity index (χ1n) is 8.00. The van der Waals surface area contributed by atoms with E-state index in [-0.39, 0.29) is 0 Å². The number of aromatic nitrogens is 3. The molecule has 5 heteroatoms. The molecule has 5 rings (SSSR count). The summed E-state index contributed by atoms with van der Waals surface area (Å²) in [4.78, 5) is 5.93. The lowest BCUT2D eigenvalue weighted by molar-refractivity contribution is 0.217. The largest absolute Gasteiger partial charge is 0.424 e. The number of hydrogen-bond donors (Lipinski definition) is 1. The van der Waals surface area contributed by atoms with Crippen molar-refractivity contribution in [1.29, 1.82) is 0 Å². The molecular weight excluding hydrogens is 276 g/mol. The Bertz CT molecular complexity index is 830. The normalized spacial score (nSPS) is 18.7. The molecule has 2 aromatic heterocycles. The Hall–Kier alpha value is -2.14. The van der Waals surface area contributed by atoms with Gasteiger partial charge in [-0.05, 0) is 30.9 Å². The standard InChI is InChI=1S/C17H18N4O/c1-2-4-14-12(3-1)13-7-8-21(9-15(13)18-14)10-16-19-20-17(22-16)11-5-6-11/h1-4,11,18H,5-10H2. The molecule has 0 saturated heterocycles. The van der Waals surface area contributed by atoms with Gasteiger partial charge in [0.15, 0.2) is 0 Å². The summed E-state index contributed by atoms with van der Waals surface area (Å²) in [5.74, 6) is 2.11. The van der Waals surface area contributed by atoms with Crippen molar-refractivity contribution < 1.29 is 4.42 Å². The zero-order chi connectivity index (χ0) is 14.5. The van der Waals surface area contributed by atoms with Gasteiger partial charge >= 0.3 is 0 Å². The molecule has 0 unspecified atom stereocenters. The van der Waals surface area contributed by atoms with Crippen molar-refractivity contribution in [2.45, 2.75) is 38.3 Å². The fourth-order valence-electron chi connectivity index (χ4n) is 3.40. The lowest BCUT2D eigenvalue weighted by atomic mass is 10.0. The molecule has 0 spiro atoms. The molecule has 3 heterocycles. The van der Waals surface area contributed by atoms with Gasteiger partial charge in [0.1, 0.15) is 0 Å². The zero-order valence-electron chi connectivity index (χ0n) is 12.4. The minimum atomic E-state index is 0.530. The molecule has 5 nitrogen and oxygen atoms in total. The predicted molar refractivity (Wildman–Crippen MR) is 82.4 cm³/mol. The minimum absolute atomic E-state index is 0.530. The lowest BCUT2D eigenvalue weighted by Gasteiger charge is -2.25. The molecule has 1 N–H and O–H groups in total. The van der Waals surface area contributed by atoms with Gasteiger partial charge in [-0.2, -0.15) is 0 Å².